The Bertz CT molecular complexity index is 273. The molecule has 2 saturated heterocycles. The van der Waals surface area contributed by atoms with Crippen LogP contribution in [0.3, 0.4) is 0 Å². The Labute approximate surface area is 92.0 Å². The topological polar surface area (TPSA) is 46.2 Å². The number of halogens is 1. The second-order valence-corrected chi connectivity index (χ2v) is 6.50. The van der Waals surface area contributed by atoms with Gasteiger partial charge in [0.1, 0.15) is 0 Å². The monoisotopic (exact) mass is 239 g/mol. The quantitative estimate of drug-likeness (QED) is 0.738. The van der Waals surface area contributed by atoms with Gasteiger partial charge in [-0.1, -0.05) is 0 Å². The summed E-state index contributed by atoms with van der Waals surface area (Å²) in [4.78, 5) is 0. The zero-order valence-electron chi connectivity index (χ0n) is 8.24. The van der Waals surface area contributed by atoms with Crippen molar-refractivity contribution in [2.24, 2.45) is 11.8 Å². The van der Waals surface area contributed by atoms with Gasteiger partial charge >= 0.3 is 0 Å². The molecule has 2 fully saturated rings. The Morgan fingerprint density at radius 1 is 1.14 bits per heavy atom. The molecule has 2 aliphatic heterocycles. The molecule has 0 aromatic rings. The summed E-state index contributed by atoms with van der Waals surface area (Å²) in [6, 6.07) is 0. The molecule has 0 aromatic carbocycles. The molecule has 2 aliphatic rings. The number of nitrogens with one attached hydrogen (secondary N) is 1. The molecule has 3 nitrogen and oxygen atoms in total. The maximum Gasteiger partial charge on any atom is 0.150 e. The number of rotatable bonds is 1. The number of hydrogen-bond acceptors (Lipinski definition) is 3. The fraction of sp³-hybridized carbons (Fsp3) is 1.00. The van der Waals surface area contributed by atoms with Crippen molar-refractivity contribution in [2.45, 2.75) is 19.3 Å². The third kappa shape index (κ3) is 2.84. The standard InChI is InChI=1S/C9H17NO2S.ClH/c11-13(12)5-3-9(7-13)8-2-1-4-10-6-8;/h8-10H,1-7H2;1H. The third-order valence-electron chi connectivity index (χ3n) is 3.27. The average Bonchev–Trinajstić information content (AvgIpc) is 2.48. The predicted molar refractivity (Wildman–Crippen MR) is 59.6 cm³/mol. The van der Waals surface area contributed by atoms with Crippen molar-refractivity contribution in [1.29, 1.82) is 0 Å². The fourth-order valence-electron chi connectivity index (χ4n) is 2.48. The Balaban J connectivity index is 0.000000980. The molecule has 0 spiro atoms. The molecule has 14 heavy (non-hydrogen) atoms. The molecule has 0 radical (unpaired) electrons. The average molecular weight is 240 g/mol. The first-order valence-corrected chi connectivity index (χ1v) is 6.91. The van der Waals surface area contributed by atoms with Crippen molar-refractivity contribution in [2.75, 3.05) is 24.6 Å². The molecule has 0 aliphatic carbocycles. The molecule has 0 saturated carbocycles. The van der Waals surface area contributed by atoms with Crippen LogP contribution < -0.4 is 5.32 Å². The number of sulfone groups is 1. The van der Waals surface area contributed by atoms with Gasteiger partial charge in [0.05, 0.1) is 11.5 Å². The van der Waals surface area contributed by atoms with Gasteiger partial charge in [0, 0.05) is 0 Å². The Kier molecular flexibility index (Phi) is 4.22. The highest BCUT2D eigenvalue weighted by Gasteiger charge is 2.33. The summed E-state index contributed by atoms with van der Waals surface area (Å²) in [7, 11) is -2.67. The number of hydrogen-bond donors (Lipinski definition) is 1. The summed E-state index contributed by atoms with van der Waals surface area (Å²) in [6.45, 7) is 2.14. The lowest BCUT2D eigenvalue weighted by Crippen LogP contribution is -2.34. The largest absolute Gasteiger partial charge is 0.316 e. The lowest BCUT2D eigenvalue weighted by Gasteiger charge is -2.27. The highest BCUT2D eigenvalue weighted by molar-refractivity contribution is 7.91. The molecule has 2 unspecified atom stereocenters. The van der Waals surface area contributed by atoms with E-state index in [4.69, 9.17) is 0 Å². The first kappa shape index (κ1) is 12.3. The van der Waals surface area contributed by atoms with Crippen LogP contribution in [-0.2, 0) is 9.84 Å². The molecule has 0 bridgehead atoms. The zero-order valence-corrected chi connectivity index (χ0v) is 9.87. The van der Waals surface area contributed by atoms with Gasteiger partial charge < -0.3 is 5.32 Å². The molecule has 0 amide bonds. The van der Waals surface area contributed by atoms with E-state index in [0.717, 1.165) is 19.5 Å². The Morgan fingerprint density at radius 3 is 2.43 bits per heavy atom. The van der Waals surface area contributed by atoms with E-state index in [9.17, 15) is 8.42 Å². The normalized spacial score (nSPS) is 36.3. The van der Waals surface area contributed by atoms with E-state index in [-0.39, 0.29) is 12.4 Å². The SMILES string of the molecule is Cl.O=S1(=O)CCC(C2CCCNC2)C1. The summed E-state index contributed by atoms with van der Waals surface area (Å²) >= 11 is 0. The van der Waals surface area contributed by atoms with Gasteiger partial charge in [-0.25, -0.2) is 8.42 Å². The van der Waals surface area contributed by atoms with E-state index in [1.807, 2.05) is 0 Å². The van der Waals surface area contributed by atoms with Crippen LogP contribution >= 0.6 is 12.4 Å². The van der Waals surface area contributed by atoms with Crippen LogP contribution in [0, 0.1) is 11.8 Å². The van der Waals surface area contributed by atoms with Crippen molar-refractivity contribution in [3.8, 4) is 0 Å². The Hall–Kier alpha value is 0.200. The van der Waals surface area contributed by atoms with Gasteiger partial charge in [0.25, 0.3) is 0 Å². The first-order chi connectivity index (χ1) is 6.17. The minimum Gasteiger partial charge on any atom is -0.316 e. The highest BCUT2D eigenvalue weighted by Crippen LogP contribution is 2.29. The Morgan fingerprint density at radius 2 is 1.93 bits per heavy atom. The molecule has 2 heterocycles. The van der Waals surface area contributed by atoms with Crippen LogP contribution in [0.25, 0.3) is 0 Å². The summed E-state index contributed by atoms with van der Waals surface area (Å²) in [6.07, 6.45) is 3.32. The lowest BCUT2D eigenvalue weighted by atomic mass is 9.86. The second kappa shape index (κ2) is 4.81. The van der Waals surface area contributed by atoms with Crippen molar-refractivity contribution >= 4 is 22.2 Å². The highest BCUT2D eigenvalue weighted by atomic mass is 35.5. The molecule has 5 heteroatoms. The lowest BCUT2D eigenvalue weighted by molar-refractivity contribution is 0.284. The van der Waals surface area contributed by atoms with Crippen LogP contribution in [0.2, 0.25) is 0 Å². The van der Waals surface area contributed by atoms with Gasteiger partial charge in [-0.2, -0.15) is 0 Å². The molecule has 1 N–H and O–H groups in total. The molecule has 2 atom stereocenters. The molecular formula is C9H18ClNO2S. The predicted octanol–water partition coefficient (Wildman–Crippen LogP) is 0.843. The van der Waals surface area contributed by atoms with Crippen LogP contribution in [0.5, 0.6) is 0 Å². The molecule has 2 rings (SSSR count). The second-order valence-electron chi connectivity index (χ2n) is 4.27. The van der Waals surface area contributed by atoms with Crippen LogP contribution in [-0.4, -0.2) is 33.0 Å². The van der Waals surface area contributed by atoms with Crippen molar-refractivity contribution in [3.63, 3.8) is 0 Å². The van der Waals surface area contributed by atoms with E-state index in [1.165, 1.54) is 12.8 Å². The summed E-state index contributed by atoms with van der Waals surface area (Å²) in [5.41, 5.74) is 0. The minimum absolute atomic E-state index is 0. The molecule has 0 aromatic heterocycles. The number of piperidine rings is 1. The van der Waals surface area contributed by atoms with Crippen molar-refractivity contribution < 1.29 is 8.42 Å². The third-order valence-corrected chi connectivity index (χ3v) is 5.06. The molecular weight excluding hydrogens is 222 g/mol. The first-order valence-electron chi connectivity index (χ1n) is 5.08. The minimum atomic E-state index is -2.67. The maximum atomic E-state index is 11.3. The van der Waals surface area contributed by atoms with Gasteiger partial charge in [0.15, 0.2) is 9.84 Å². The molecule has 84 valence electrons. The van der Waals surface area contributed by atoms with E-state index in [0.29, 0.717) is 23.3 Å². The van der Waals surface area contributed by atoms with Gasteiger partial charge in [-0.3, -0.25) is 0 Å². The van der Waals surface area contributed by atoms with Crippen molar-refractivity contribution in [3.05, 3.63) is 0 Å². The van der Waals surface area contributed by atoms with E-state index in [2.05, 4.69) is 5.32 Å². The zero-order chi connectivity index (χ0) is 9.31. The van der Waals surface area contributed by atoms with Gasteiger partial charge in [-0.05, 0) is 44.2 Å². The van der Waals surface area contributed by atoms with Crippen LogP contribution in [0.1, 0.15) is 19.3 Å². The van der Waals surface area contributed by atoms with Crippen molar-refractivity contribution in [1.82, 2.24) is 5.32 Å². The van der Waals surface area contributed by atoms with Crippen LogP contribution in [0.15, 0.2) is 0 Å². The summed E-state index contributed by atoms with van der Waals surface area (Å²) in [5.74, 6) is 1.93. The summed E-state index contributed by atoms with van der Waals surface area (Å²) < 4.78 is 22.5. The fourth-order valence-corrected chi connectivity index (χ4v) is 4.40. The van der Waals surface area contributed by atoms with Gasteiger partial charge in [0.2, 0.25) is 0 Å². The maximum absolute atomic E-state index is 11.3. The smallest absolute Gasteiger partial charge is 0.150 e. The van der Waals surface area contributed by atoms with E-state index >= 15 is 0 Å². The summed E-state index contributed by atoms with van der Waals surface area (Å²) in [5, 5.41) is 3.34. The van der Waals surface area contributed by atoms with Gasteiger partial charge in [-0.15, -0.1) is 12.4 Å². The van der Waals surface area contributed by atoms with E-state index < -0.39 is 9.84 Å². The van der Waals surface area contributed by atoms with Crippen LogP contribution in [0.4, 0.5) is 0 Å². The van der Waals surface area contributed by atoms with E-state index in [1.54, 1.807) is 0 Å².